The summed E-state index contributed by atoms with van der Waals surface area (Å²) in [6.45, 7) is 0.486. The average molecular weight is 239 g/mol. The van der Waals surface area contributed by atoms with Crippen molar-refractivity contribution in [3.8, 4) is 11.5 Å². The van der Waals surface area contributed by atoms with Crippen molar-refractivity contribution in [1.29, 1.82) is 0 Å². The minimum Gasteiger partial charge on any atom is -0.508 e. The summed E-state index contributed by atoms with van der Waals surface area (Å²) < 4.78 is 5.66. The van der Waals surface area contributed by atoms with Crippen molar-refractivity contribution < 1.29 is 9.84 Å². The molecule has 18 heavy (non-hydrogen) atoms. The highest BCUT2D eigenvalue weighted by Gasteiger charge is 2.02. The van der Waals surface area contributed by atoms with Crippen LogP contribution in [0.4, 0.5) is 0 Å². The Kier molecular flexibility index (Phi) is 2.65. The Morgan fingerprint density at radius 1 is 1.00 bits per heavy atom. The standard InChI is InChI=1S/C15H13NO2/c17-13-7-6-11-8-12(16-15(11)9-13)10-18-14-4-2-1-3-5-14/h1-9,16-17H,10H2. The van der Waals surface area contributed by atoms with Gasteiger partial charge in [-0.15, -0.1) is 0 Å². The minimum absolute atomic E-state index is 0.264. The fraction of sp³-hybridized carbons (Fsp3) is 0.0667. The van der Waals surface area contributed by atoms with Crippen LogP contribution in [0, 0.1) is 0 Å². The van der Waals surface area contributed by atoms with Gasteiger partial charge in [-0.05, 0) is 30.3 Å². The summed E-state index contributed by atoms with van der Waals surface area (Å²) in [5.41, 5.74) is 1.90. The summed E-state index contributed by atoms with van der Waals surface area (Å²) in [4.78, 5) is 3.22. The van der Waals surface area contributed by atoms with Crippen LogP contribution in [0.5, 0.6) is 11.5 Å². The first-order valence-electron chi connectivity index (χ1n) is 5.80. The summed E-state index contributed by atoms with van der Waals surface area (Å²) in [5.74, 6) is 1.11. The lowest BCUT2D eigenvalue weighted by Gasteiger charge is -2.03. The lowest BCUT2D eigenvalue weighted by molar-refractivity contribution is 0.302. The number of aromatic amines is 1. The third-order valence-corrected chi connectivity index (χ3v) is 2.80. The number of aromatic hydroxyl groups is 1. The van der Waals surface area contributed by atoms with Gasteiger partial charge < -0.3 is 14.8 Å². The van der Waals surface area contributed by atoms with Crippen LogP contribution >= 0.6 is 0 Å². The highest BCUT2D eigenvalue weighted by molar-refractivity contribution is 5.81. The molecule has 0 saturated heterocycles. The number of rotatable bonds is 3. The Balaban J connectivity index is 1.79. The smallest absolute Gasteiger partial charge is 0.128 e. The molecule has 1 heterocycles. The number of phenolic OH excluding ortho intramolecular Hbond substituents is 1. The molecular weight excluding hydrogens is 226 g/mol. The van der Waals surface area contributed by atoms with E-state index in [9.17, 15) is 5.11 Å². The van der Waals surface area contributed by atoms with Gasteiger partial charge in [0, 0.05) is 17.0 Å². The maximum Gasteiger partial charge on any atom is 0.128 e. The number of ether oxygens (including phenoxy) is 1. The molecule has 0 bridgehead atoms. The molecule has 0 aliphatic carbocycles. The van der Waals surface area contributed by atoms with Gasteiger partial charge in [0.15, 0.2) is 0 Å². The first-order chi connectivity index (χ1) is 8.81. The van der Waals surface area contributed by atoms with E-state index >= 15 is 0 Å². The van der Waals surface area contributed by atoms with Crippen LogP contribution in [0.25, 0.3) is 10.9 Å². The normalized spacial score (nSPS) is 10.7. The number of nitrogens with one attached hydrogen (secondary N) is 1. The molecule has 0 spiro atoms. The lowest BCUT2D eigenvalue weighted by atomic mass is 10.2. The second kappa shape index (κ2) is 4.45. The molecule has 0 unspecified atom stereocenters. The summed E-state index contributed by atoms with van der Waals surface area (Å²) >= 11 is 0. The predicted molar refractivity (Wildman–Crippen MR) is 70.7 cm³/mol. The van der Waals surface area contributed by atoms with E-state index in [0.29, 0.717) is 6.61 Å². The molecule has 0 radical (unpaired) electrons. The molecule has 1 aromatic heterocycles. The Morgan fingerprint density at radius 2 is 1.83 bits per heavy atom. The molecule has 3 rings (SSSR count). The topological polar surface area (TPSA) is 45.2 Å². The number of fused-ring (bicyclic) bond motifs is 1. The van der Waals surface area contributed by atoms with Gasteiger partial charge in [0.25, 0.3) is 0 Å². The molecule has 0 saturated carbocycles. The lowest BCUT2D eigenvalue weighted by Crippen LogP contribution is -1.94. The molecule has 0 aliphatic heterocycles. The van der Waals surface area contributed by atoms with Gasteiger partial charge in [0.1, 0.15) is 18.1 Å². The van der Waals surface area contributed by atoms with Gasteiger partial charge in [0.2, 0.25) is 0 Å². The van der Waals surface area contributed by atoms with Gasteiger partial charge in [-0.3, -0.25) is 0 Å². The van der Waals surface area contributed by atoms with Crippen LogP contribution in [-0.4, -0.2) is 10.1 Å². The molecule has 0 amide bonds. The van der Waals surface area contributed by atoms with E-state index in [1.807, 2.05) is 42.5 Å². The fourth-order valence-electron chi connectivity index (χ4n) is 1.93. The van der Waals surface area contributed by atoms with Crippen molar-refractivity contribution in [2.24, 2.45) is 0 Å². The van der Waals surface area contributed by atoms with E-state index in [-0.39, 0.29) is 5.75 Å². The largest absolute Gasteiger partial charge is 0.508 e. The maximum atomic E-state index is 9.40. The van der Waals surface area contributed by atoms with Crippen LogP contribution in [0.15, 0.2) is 54.6 Å². The zero-order valence-electron chi connectivity index (χ0n) is 9.76. The zero-order valence-corrected chi connectivity index (χ0v) is 9.76. The highest BCUT2D eigenvalue weighted by Crippen LogP contribution is 2.21. The predicted octanol–water partition coefficient (Wildman–Crippen LogP) is 3.45. The number of aromatic nitrogens is 1. The van der Waals surface area contributed by atoms with Gasteiger partial charge >= 0.3 is 0 Å². The van der Waals surface area contributed by atoms with Crippen LogP contribution in [0.2, 0.25) is 0 Å². The Bertz CT molecular complexity index is 659. The van der Waals surface area contributed by atoms with Crippen LogP contribution in [-0.2, 0) is 6.61 Å². The second-order valence-corrected chi connectivity index (χ2v) is 4.17. The summed E-state index contributed by atoms with van der Waals surface area (Å²) in [5, 5.41) is 10.5. The number of para-hydroxylation sites is 1. The minimum atomic E-state index is 0.264. The van der Waals surface area contributed by atoms with E-state index in [1.54, 1.807) is 12.1 Å². The number of phenols is 1. The number of hydrogen-bond donors (Lipinski definition) is 2. The van der Waals surface area contributed by atoms with Gasteiger partial charge in [-0.1, -0.05) is 18.2 Å². The van der Waals surface area contributed by atoms with Crippen molar-refractivity contribution >= 4 is 10.9 Å². The van der Waals surface area contributed by atoms with E-state index < -0.39 is 0 Å². The Labute approximate surface area is 105 Å². The van der Waals surface area contributed by atoms with Gasteiger partial charge in [0.05, 0.1) is 5.69 Å². The third kappa shape index (κ3) is 2.15. The van der Waals surface area contributed by atoms with E-state index in [2.05, 4.69) is 4.98 Å². The Hall–Kier alpha value is -2.42. The van der Waals surface area contributed by atoms with Gasteiger partial charge in [-0.25, -0.2) is 0 Å². The van der Waals surface area contributed by atoms with Crippen molar-refractivity contribution in [2.45, 2.75) is 6.61 Å². The highest BCUT2D eigenvalue weighted by atomic mass is 16.5. The first kappa shape index (κ1) is 10.7. The molecule has 0 fully saturated rings. The summed E-state index contributed by atoms with van der Waals surface area (Å²) in [7, 11) is 0. The summed E-state index contributed by atoms with van der Waals surface area (Å²) in [6.07, 6.45) is 0. The molecule has 90 valence electrons. The van der Waals surface area contributed by atoms with E-state index in [0.717, 1.165) is 22.3 Å². The average Bonchev–Trinajstić information content (AvgIpc) is 2.79. The quantitative estimate of drug-likeness (QED) is 0.735. The third-order valence-electron chi connectivity index (χ3n) is 2.80. The first-order valence-corrected chi connectivity index (χ1v) is 5.80. The number of H-pyrrole nitrogens is 1. The summed E-state index contributed by atoms with van der Waals surface area (Å²) in [6, 6.07) is 17.0. The molecule has 0 aliphatic rings. The molecular formula is C15H13NO2. The molecule has 2 aromatic carbocycles. The molecule has 2 N–H and O–H groups in total. The second-order valence-electron chi connectivity index (χ2n) is 4.17. The molecule has 3 heteroatoms. The van der Waals surface area contributed by atoms with E-state index in [1.165, 1.54) is 0 Å². The molecule has 3 nitrogen and oxygen atoms in total. The SMILES string of the molecule is Oc1ccc2cc(COc3ccccc3)[nH]c2c1. The number of benzene rings is 2. The van der Waals surface area contributed by atoms with Crippen molar-refractivity contribution in [1.82, 2.24) is 4.98 Å². The van der Waals surface area contributed by atoms with Crippen molar-refractivity contribution in [3.63, 3.8) is 0 Å². The van der Waals surface area contributed by atoms with Crippen molar-refractivity contribution in [2.75, 3.05) is 0 Å². The molecule has 3 aromatic rings. The number of hydrogen-bond acceptors (Lipinski definition) is 2. The van der Waals surface area contributed by atoms with Crippen molar-refractivity contribution in [3.05, 3.63) is 60.3 Å². The fourth-order valence-corrected chi connectivity index (χ4v) is 1.93. The van der Waals surface area contributed by atoms with Crippen LogP contribution in [0.3, 0.4) is 0 Å². The van der Waals surface area contributed by atoms with Crippen LogP contribution in [0.1, 0.15) is 5.69 Å². The van der Waals surface area contributed by atoms with Gasteiger partial charge in [-0.2, -0.15) is 0 Å². The molecule has 0 atom stereocenters. The monoisotopic (exact) mass is 239 g/mol. The maximum absolute atomic E-state index is 9.40. The van der Waals surface area contributed by atoms with E-state index in [4.69, 9.17) is 4.74 Å². The zero-order chi connectivity index (χ0) is 12.4. The van der Waals surface area contributed by atoms with Crippen LogP contribution < -0.4 is 4.74 Å². The Morgan fingerprint density at radius 3 is 2.67 bits per heavy atom.